The van der Waals surface area contributed by atoms with Crippen LogP contribution in [0.5, 0.6) is 5.75 Å². The van der Waals surface area contributed by atoms with E-state index in [2.05, 4.69) is 40.8 Å². The molecule has 0 amide bonds. The zero-order valence-electron chi connectivity index (χ0n) is 19.0. The Kier molecular flexibility index (Phi) is 5.93. The fourth-order valence-electron chi connectivity index (χ4n) is 4.34. The molecule has 0 unspecified atom stereocenters. The molecule has 0 aromatic heterocycles. The van der Waals surface area contributed by atoms with Crippen LogP contribution in [0, 0.1) is 5.41 Å². The topological polar surface area (TPSA) is 54.0 Å². The normalized spacial score (nSPS) is 29.6. The number of esters is 1. The Hall–Kier alpha value is -1.37. The van der Waals surface area contributed by atoms with E-state index in [1.807, 2.05) is 24.3 Å². The second kappa shape index (κ2) is 7.71. The van der Waals surface area contributed by atoms with E-state index >= 15 is 0 Å². The van der Waals surface area contributed by atoms with Crippen LogP contribution in [0.4, 0.5) is 0 Å². The first-order valence-electron chi connectivity index (χ1n) is 10.5. The van der Waals surface area contributed by atoms with Gasteiger partial charge in [-0.25, -0.2) is 0 Å². The monoisotopic (exact) mass is 420 g/mol. The molecule has 5 nitrogen and oxygen atoms in total. The van der Waals surface area contributed by atoms with E-state index in [-0.39, 0.29) is 22.5 Å². The summed E-state index contributed by atoms with van der Waals surface area (Å²) in [5.41, 5.74) is 0.237. The summed E-state index contributed by atoms with van der Waals surface area (Å²) >= 11 is 0. The van der Waals surface area contributed by atoms with Crippen LogP contribution in [0.25, 0.3) is 0 Å². The van der Waals surface area contributed by atoms with Crippen molar-refractivity contribution in [1.82, 2.24) is 0 Å². The first-order chi connectivity index (χ1) is 13.4. The van der Waals surface area contributed by atoms with Gasteiger partial charge in [-0.3, -0.25) is 4.79 Å². The third kappa shape index (κ3) is 4.39. The lowest BCUT2D eigenvalue weighted by Crippen LogP contribution is -2.45. The van der Waals surface area contributed by atoms with Crippen molar-refractivity contribution in [3.63, 3.8) is 0 Å². The lowest BCUT2D eigenvalue weighted by atomic mass is 9.76. The predicted octanol–water partition coefficient (Wildman–Crippen LogP) is 5.09. The Morgan fingerprint density at radius 2 is 1.83 bits per heavy atom. The second-order valence-corrected chi connectivity index (χ2v) is 15.2. The highest BCUT2D eigenvalue weighted by atomic mass is 28.4. The average Bonchev–Trinajstić information content (AvgIpc) is 2.97. The number of methoxy groups -OCH3 is 1. The van der Waals surface area contributed by atoms with E-state index in [0.29, 0.717) is 26.1 Å². The highest BCUT2D eigenvalue weighted by Gasteiger charge is 2.64. The Balaban J connectivity index is 1.68. The molecule has 2 fully saturated rings. The standard InChI is InChI=1S/C23H36O5Si/c1-21(2,3)29(6,7)28-19-12-22(4)14-20(24)27-23(22,13-19)16-26-15-17-8-10-18(25-5)11-9-17/h8-11,19H,12-16H2,1-7H3/t19-,22-,23+/m1/s1. The largest absolute Gasteiger partial charge is 0.497 e. The van der Waals surface area contributed by atoms with Crippen LogP contribution >= 0.6 is 0 Å². The van der Waals surface area contributed by atoms with Crippen molar-refractivity contribution in [2.24, 2.45) is 5.41 Å². The maximum Gasteiger partial charge on any atom is 0.307 e. The number of rotatable bonds is 7. The lowest BCUT2D eigenvalue weighted by Gasteiger charge is -2.39. The average molecular weight is 421 g/mol. The van der Waals surface area contributed by atoms with Crippen molar-refractivity contribution in [2.45, 2.75) is 83.4 Å². The Labute approximate surface area is 176 Å². The van der Waals surface area contributed by atoms with Crippen molar-refractivity contribution in [3.8, 4) is 5.75 Å². The molecule has 3 atom stereocenters. The maximum absolute atomic E-state index is 12.2. The number of fused-ring (bicyclic) bond motifs is 1. The molecular formula is C23H36O5Si. The molecular weight excluding hydrogens is 384 g/mol. The molecule has 1 aliphatic carbocycles. The van der Waals surface area contributed by atoms with E-state index < -0.39 is 13.9 Å². The van der Waals surface area contributed by atoms with Gasteiger partial charge in [-0.15, -0.1) is 0 Å². The first-order valence-corrected chi connectivity index (χ1v) is 13.4. The van der Waals surface area contributed by atoms with Gasteiger partial charge in [0.05, 0.1) is 26.7 Å². The van der Waals surface area contributed by atoms with Crippen LogP contribution in [0.15, 0.2) is 24.3 Å². The van der Waals surface area contributed by atoms with Crippen LogP contribution in [0.3, 0.4) is 0 Å². The molecule has 3 rings (SSSR count). The predicted molar refractivity (Wildman–Crippen MR) is 116 cm³/mol. The van der Waals surface area contributed by atoms with Gasteiger partial charge in [0.25, 0.3) is 0 Å². The fourth-order valence-corrected chi connectivity index (χ4v) is 5.69. The molecule has 6 heteroatoms. The van der Waals surface area contributed by atoms with E-state index in [1.165, 1.54) is 0 Å². The van der Waals surface area contributed by atoms with Crippen LogP contribution < -0.4 is 4.74 Å². The molecule has 0 radical (unpaired) electrons. The number of carbonyl (C=O) groups excluding carboxylic acids is 1. The van der Waals surface area contributed by atoms with Crippen molar-refractivity contribution in [1.29, 1.82) is 0 Å². The van der Waals surface area contributed by atoms with Gasteiger partial charge in [-0.1, -0.05) is 39.8 Å². The molecule has 1 saturated heterocycles. The van der Waals surface area contributed by atoms with Crippen molar-refractivity contribution in [2.75, 3.05) is 13.7 Å². The van der Waals surface area contributed by atoms with E-state index in [4.69, 9.17) is 18.6 Å². The van der Waals surface area contributed by atoms with E-state index in [9.17, 15) is 4.79 Å². The minimum Gasteiger partial charge on any atom is -0.497 e. The zero-order chi connectivity index (χ0) is 21.5. The van der Waals surface area contributed by atoms with Gasteiger partial charge >= 0.3 is 5.97 Å². The Morgan fingerprint density at radius 3 is 2.41 bits per heavy atom. The molecule has 1 heterocycles. The van der Waals surface area contributed by atoms with Crippen LogP contribution in [0.2, 0.25) is 18.1 Å². The summed E-state index contributed by atoms with van der Waals surface area (Å²) in [7, 11) is -0.232. The molecule has 0 spiro atoms. The van der Waals surface area contributed by atoms with Crippen LogP contribution in [-0.4, -0.2) is 39.7 Å². The van der Waals surface area contributed by atoms with Crippen LogP contribution in [0.1, 0.15) is 52.5 Å². The number of hydrogen-bond acceptors (Lipinski definition) is 5. The molecule has 0 N–H and O–H groups in total. The summed E-state index contributed by atoms with van der Waals surface area (Å²) in [6.45, 7) is 14.4. The van der Waals surface area contributed by atoms with Gasteiger partial charge in [0.15, 0.2) is 8.32 Å². The van der Waals surface area contributed by atoms with E-state index in [1.54, 1.807) is 7.11 Å². The number of benzene rings is 1. The maximum atomic E-state index is 12.2. The summed E-state index contributed by atoms with van der Waals surface area (Å²) in [6.07, 6.45) is 2.11. The SMILES string of the molecule is COc1ccc(COC[C@@]23C[C@H](O[Si](C)(C)C(C)(C)C)C[C@]2(C)CC(=O)O3)cc1. The van der Waals surface area contributed by atoms with Gasteiger partial charge in [0.1, 0.15) is 11.4 Å². The number of ether oxygens (including phenoxy) is 3. The molecule has 0 bridgehead atoms. The smallest absolute Gasteiger partial charge is 0.307 e. The number of hydrogen-bond donors (Lipinski definition) is 0. The third-order valence-electron chi connectivity index (χ3n) is 7.21. The van der Waals surface area contributed by atoms with Gasteiger partial charge in [-0.2, -0.15) is 0 Å². The highest BCUT2D eigenvalue weighted by Crippen LogP contribution is 2.57. The Bertz CT molecular complexity index is 739. The van der Waals surface area contributed by atoms with Crippen molar-refractivity contribution in [3.05, 3.63) is 29.8 Å². The van der Waals surface area contributed by atoms with Crippen molar-refractivity contribution >= 4 is 14.3 Å². The molecule has 29 heavy (non-hydrogen) atoms. The lowest BCUT2D eigenvalue weighted by molar-refractivity contribution is -0.158. The minimum absolute atomic E-state index is 0.110. The van der Waals surface area contributed by atoms with Gasteiger partial charge in [0.2, 0.25) is 0 Å². The van der Waals surface area contributed by atoms with Crippen molar-refractivity contribution < 1.29 is 23.4 Å². The molecule has 162 valence electrons. The fraction of sp³-hybridized carbons (Fsp3) is 0.696. The molecule has 2 aliphatic rings. The quantitative estimate of drug-likeness (QED) is 0.454. The molecule has 1 aromatic rings. The van der Waals surface area contributed by atoms with Gasteiger partial charge in [0, 0.05) is 17.9 Å². The summed E-state index contributed by atoms with van der Waals surface area (Å²) in [5.74, 6) is 0.706. The molecule has 1 saturated carbocycles. The van der Waals surface area contributed by atoms with Crippen LogP contribution in [-0.2, 0) is 25.3 Å². The molecule has 1 aromatic carbocycles. The summed E-state index contributed by atoms with van der Waals surface area (Å²) in [4.78, 5) is 12.2. The van der Waals surface area contributed by atoms with Gasteiger partial charge < -0.3 is 18.6 Å². The van der Waals surface area contributed by atoms with Gasteiger partial charge in [-0.05, 0) is 42.2 Å². The molecule has 1 aliphatic heterocycles. The summed E-state index contributed by atoms with van der Waals surface area (Å²) in [6, 6.07) is 7.84. The highest BCUT2D eigenvalue weighted by molar-refractivity contribution is 6.74. The second-order valence-electron chi connectivity index (χ2n) is 10.5. The summed E-state index contributed by atoms with van der Waals surface area (Å²) < 4.78 is 23.9. The van der Waals surface area contributed by atoms with E-state index in [0.717, 1.165) is 17.7 Å². The minimum atomic E-state index is -1.89. The Morgan fingerprint density at radius 1 is 1.17 bits per heavy atom. The zero-order valence-corrected chi connectivity index (χ0v) is 20.0. The first kappa shape index (κ1) is 22.3. The summed E-state index contributed by atoms with van der Waals surface area (Å²) in [5, 5.41) is 0.153. The third-order valence-corrected chi connectivity index (χ3v) is 11.7. The number of carbonyl (C=O) groups is 1.